The first-order valence-electron chi connectivity index (χ1n) is 4.73. The van der Waals surface area contributed by atoms with Crippen LogP contribution in [0.1, 0.15) is 11.8 Å². The highest BCUT2D eigenvalue weighted by Gasteiger charge is 2.33. The summed E-state index contributed by atoms with van der Waals surface area (Å²) in [5.41, 5.74) is 1.20. The van der Waals surface area contributed by atoms with Gasteiger partial charge in [-0.15, -0.1) is 24.2 Å². The van der Waals surface area contributed by atoms with Gasteiger partial charge in [0, 0.05) is 16.7 Å². The van der Waals surface area contributed by atoms with Gasteiger partial charge < -0.3 is 4.74 Å². The van der Waals surface area contributed by atoms with Crippen molar-refractivity contribution in [3.8, 4) is 0 Å². The summed E-state index contributed by atoms with van der Waals surface area (Å²) in [4.78, 5) is 0. The molecule has 1 fully saturated rings. The largest absolute Gasteiger partial charge is 0.473 e. The lowest BCUT2D eigenvalue weighted by molar-refractivity contribution is 0.148. The van der Waals surface area contributed by atoms with E-state index in [4.69, 9.17) is 4.74 Å². The Labute approximate surface area is 99.5 Å². The van der Waals surface area contributed by atoms with Crippen LogP contribution in [0.15, 0.2) is 41.5 Å². The summed E-state index contributed by atoms with van der Waals surface area (Å²) in [6.07, 6.45) is 0.0494. The van der Waals surface area contributed by atoms with Crippen molar-refractivity contribution in [3.05, 3.63) is 47.1 Å². The van der Waals surface area contributed by atoms with E-state index in [0.29, 0.717) is 6.04 Å². The van der Waals surface area contributed by atoms with E-state index in [1.54, 1.807) is 0 Å². The average Bonchev–Trinajstić information content (AvgIpc) is 2.78. The molecule has 0 bridgehead atoms. The lowest BCUT2D eigenvalue weighted by Gasteiger charge is -2.11. The van der Waals surface area contributed by atoms with E-state index in [9.17, 15) is 0 Å². The Morgan fingerprint density at radius 3 is 2.80 bits per heavy atom. The summed E-state index contributed by atoms with van der Waals surface area (Å²) in [5.74, 6) is 2.20. The molecule has 1 aromatic carbocycles. The van der Waals surface area contributed by atoms with Crippen LogP contribution in [0.25, 0.3) is 0 Å². The fourth-order valence-corrected chi connectivity index (χ4v) is 2.71. The highest BCUT2D eigenvalue weighted by Crippen LogP contribution is 2.34. The molecular weight excluding hydrogens is 230 g/mol. The Balaban J connectivity index is 0.000000853. The average molecular weight is 242 g/mol. The van der Waals surface area contributed by atoms with Crippen molar-refractivity contribution in [1.29, 1.82) is 0 Å². The maximum Gasteiger partial charge on any atom is 0.176 e. The van der Waals surface area contributed by atoms with E-state index in [-0.39, 0.29) is 18.6 Å². The van der Waals surface area contributed by atoms with Crippen LogP contribution in [0.4, 0.5) is 0 Å². The lowest BCUT2D eigenvalue weighted by atomic mass is 10.2. The molecule has 3 rings (SSSR count). The van der Waals surface area contributed by atoms with Crippen molar-refractivity contribution in [2.75, 3.05) is 5.75 Å². The quantitative estimate of drug-likeness (QED) is 0.817. The Morgan fingerprint density at radius 2 is 2.07 bits per heavy atom. The van der Waals surface area contributed by atoms with Crippen molar-refractivity contribution in [1.82, 2.24) is 5.32 Å². The van der Waals surface area contributed by atoms with Gasteiger partial charge in [0.1, 0.15) is 5.76 Å². The third-order valence-corrected chi connectivity index (χ3v) is 3.44. The molecule has 0 radical (unpaired) electrons. The minimum absolute atomic E-state index is 0. The third-order valence-electron chi connectivity index (χ3n) is 2.51. The highest BCUT2D eigenvalue weighted by atomic mass is 35.5. The van der Waals surface area contributed by atoms with Gasteiger partial charge in [-0.05, 0) is 0 Å². The molecule has 0 saturated carbocycles. The van der Waals surface area contributed by atoms with Crippen molar-refractivity contribution in [2.45, 2.75) is 12.3 Å². The summed E-state index contributed by atoms with van der Waals surface area (Å²) in [5, 5.41) is 5.57. The fourth-order valence-electron chi connectivity index (χ4n) is 1.78. The van der Waals surface area contributed by atoms with Crippen molar-refractivity contribution in [3.63, 3.8) is 0 Å². The molecule has 0 spiro atoms. The Morgan fingerprint density at radius 1 is 1.27 bits per heavy atom. The molecule has 2 heterocycles. The van der Waals surface area contributed by atoms with E-state index in [1.807, 2.05) is 30.0 Å². The molecule has 0 amide bonds. The van der Waals surface area contributed by atoms with Gasteiger partial charge in [0.25, 0.3) is 0 Å². The van der Waals surface area contributed by atoms with Gasteiger partial charge in [0.05, 0.1) is 6.04 Å². The first-order chi connectivity index (χ1) is 6.93. The Kier molecular flexibility index (Phi) is 3.24. The highest BCUT2D eigenvalue weighted by molar-refractivity contribution is 8.02. The first-order valence-corrected chi connectivity index (χ1v) is 5.78. The summed E-state index contributed by atoms with van der Waals surface area (Å²) < 4.78 is 5.80. The van der Waals surface area contributed by atoms with E-state index in [0.717, 1.165) is 11.5 Å². The Hall–Kier alpha value is -0.640. The predicted molar refractivity (Wildman–Crippen MR) is 65.0 cm³/mol. The maximum atomic E-state index is 5.80. The zero-order valence-corrected chi connectivity index (χ0v) is 9.68. The van der Waals surface area contributed by atoms with Crippen LogP contribution in [-0.2, 0) is 4.74 Å². The molecule has 1 N–H and O–H groups in total. The van der Waals surface area contributed by atoms with Crippen LogP contribution in [0.3, 0.4) is 0 Å². The van der Waals surface area contributed by atoms with Crippen LogP contribution in [0, 0.1) is 0 Å². The first kappa shape index (κ1) is 10.9. The number of nitrogens with one attached hydrogen (secondary N) is 1. The van der Waals surface area contributed by atoms with Gasteiger partial charge in [0.15, 0.2) is 6.23 Å². The molecule has 2 aliphatic rings. The molecule has 0 aromatic heterocycles. The number of benzene rings is 1. The van der Waals surface area contributed by atoms with E-state index in [1.165, 1.54) is 5.56 Å². The number of fused-ring (bicyclic) bond motifs is 1. The van der Waals surface area contributed by atoms with Crippen molar-refractivity contribution >= 4 is 24.2 Å². The minimum Gasteiger partial charge on any atom is -0.473 e. The molecule has 2 aliphatic heterocycles. The third kappa shape index (κ3) is 2.00. The van der Waals surface area contributed by atoms with E-state index < -0.39 is 0 Å². The van der Waals surface area contributed by atoms with Gasteiger partial charge in [-0.3, -0.25) is 5.32 Å². The number of hydrogen-bond acceptors (Lipinski definition) is 3. The molecule has 1 saturated heterocycles. The summed E-state index contributed by atoms with van der Waals surface area (Å²) in [6.45, 7) is 0. The molecule has 2 nitrogen and oxygen atoms in total. The summed E-state index contributed by atoms with van der Waals surface area (Å²) in [6, 6.07) is 10.7. The van der Waals surface area contributed by atoms with Crippen LogP contribution in [-0.4, -0.2) is 11.8 Å². The zero-order chi connectivity index (χ0) is 9.38. The molecule has 4 heteroatoms. The molecule has 0 aliphatic carbocycles. The van der Waals surface area contributed by atoms with Crippen LogP contribution in [0.2, 0.25) is 0 Å². The molecule has 1 aromatic rings. The van der Waals surface area contributed by atoms with Gasteiger partial charge >= 0.3 is 0 Å². The smallest absolute Gasteiger partial charge is 0.176 e. The summed E-state index contributed by atoms with van der Waals surface area (Å²) in [7, 11) is 0. The second kappa shape index (κ2) is 4.47. The van der Waals surface area contributed by atoms with Crippen LogP contribution < -0.4 is 5.32 Å². The monoisotopic (exact) mass is 241 g/mol. The van der Waals surface area contributed by atoms with Crippen LogP contribution >= 0.6 is 24.2 Å². The Bertz CT molecular complexity index is 368. The van der Waals surface area contributed by atoms with Gasteiger partial charge in [-0.25, -0.2) is 0 Å². The second-order valence-electron chi connectivity index (χ2n) is 3.48. The fraction of sp³-hybridized carbons (Fsp3) is 0.273. The normalized spacial score (nSPS) is 27.6. The predicted octanol–water partition coefficient (Wildman–Crippen LogP) is 2.68. The van der Waals surface area contributed by atoms with Gasteiger partial charge in [-0.2, -0.15) is 0 Å². The van der Waals surface area contributed by atoms with Crippen molar-refractivity contribution < 1.29 is 4.74 Å². The number of halogens is 1. The molecule has 2 atom stereocenters. The number of ether oxygens (including phenoxy) is 1. The molecule has 2 unspecified atom stereocenters. The molecule has 80 valence electrons. The summed E-state index contributed by atoms with van der Waals surface area (Å²) >= 11 is 1.81. The number of rotatable bonds is 1. The van der Waals surface area contributed by atoms with E-state index >= 15 is 0 Å². The lowest BCUT2D eigenvalue weighted by Crippen LogP contribution is -2.25. The number of hydrogen-bond donors (Lipinski definition) is 1. The number of thioether (sulfide) groups is 1. The maximum absolute atomic E-state index is 5.80. The standard InChI is InChI=1S/C11H11NOS.ClH/c1-2-4-8(5-3-1)11-12-9-6-14-7-10(9)13-11;/h1-5,7,9,11-12H,6H2;1H. The molecule has 15 heavy (non-hydrogen) atoms. The van der Waals surface area contributed by atoms with Crippen LogP contribution in [0.5, 0.6) is 0 Å². The molecular formula is C11H12ClNOS. The van der Waals surface area contributed by atoms with Gasteiger partial charge in [0.2, 0.25) is 0 Å². The second-order valence-corrected chi connectivity index (χ2v) is 4.38. The zero-order valence-electron chi connectivity index (χ0n) is 8.05. The van der Waals surface area contributed by atoms with Gasteiger partial charge in [-0.1, -0.05) is 30.3 Å². The van der Waals surface area contributed by atoms with E-state index in [2.05, 4.69) is 22.9 Å². The van der Waals surface area contributed by atoms with Crippen molar-refractivity contribution in [2.24, 2.45) is 0 Å². The topological polar surface area (TPSA) is 21.3 Å². The SMILES string of the molecule is C1=C2OC(c3ccccc3)NC2CS1.Cl. The minimum atomic E-state index is 0.